The zero-order valence-corrected chi connectivity index (χ0v) is 20.2. The molecule has 1 aliphatic rings. The molecule has 194 valence electrons. The highest BCUT2D eigenvalue weighted by Gasteiger charge is 2.28. The van der Waals surface area contributed by atoms with E-state index in [-0.39, 0.29) is 24.1 Å². The van der Waals surface area contributed by atoms with Crippen LogP contribution >= 0.6 is 0 Å². The van der Waals surface area contributed by atoms with Crippen molar-refractivity contribution in [1.29, 1.82) is 0 Å². The van der Waals surface area contributed by atoms with Gasteiger partial charge in [0.2, 0.25) is 0 Å². The fourth-order valence-corrected chi connectivity index (χ4v) is 4.07. The number of nitro benzene ring substituents is 1. The number of nitro groups is 1. The number of benzene rings is 1. The summed E-state index contributed by atoms with van der Waals surface area (Å²) in [5, 5.41) is 24.2. The maximum atomic E-state index is 12.1. The monoisotopic (exact) mass is 511 g/mol. The maximum Gasteiger partial charge on any atom is 0.514 e. The first-order valence-corrected chi connectivity index (χ1v) is 11.5. The van der Waals surface area contributed by atoms with Gasteiger partial charge in [0, 0.05) is 19.2 Å². The van der Waals surface area contributed by atoms with E-state index in [1.54, 1.807) is 26.4 Å². The van der Waals surface area contributed by atoms with Crippen molar-refractivity contribution in [3.05, 3.63) is 58.2 Å². The molecule has 4 rings (SSSR count). The number of nitrogens with zero attached hydrogens (tertiary/aromatic N) is 5. The third kappa shape index (κ3) is 6.18. The Kier molecular flexibility index (Phi) is 7.60. The van der Waals surface area contributed by atoms with Gasteiger partial charge in [0.25, 0.3) is 5.69 Å². The van der Waals surface area contributed by atoms with Crippen molar-refractivity contribution in [2.45, 2.75) is 45.3 Å². The average molecular weight is 511 g/mol. The number of non-ortho nitro benzene ring substituents is 1. The number of rotatable bonds is 8. The lowest BCUT2D eigenvalue weighted by atomic mass is 9.87. The van der Waals surface area contributed by atoms with Crippen molar-refractivity contribution in [2.75, 3.05) is 0 Å². The van der Waals surface area contributed by atoms with Crippen LogP contribution in [0.15, 0.2) is 36.7 Å². The van der Waals surface area contributed by atoms with Gasteiger partial charge in [-0.1, -0.05) is 0 Å². The average Bonchev–Trinajstić information content (AvgIpc) is 3.24. The Balaban J connectivity index is 1.40. The number of ether oxygens (including phenoxy) is 3. The lowest BCUT2D eigenvalue weighted by molar-refractivity contribution is -0.384. The van der Waals surface area contributed by atoms with Crippen LogP contribution in [0.5, 0.6) is 11.5 Å². The molecule has 1 unspecified atom stereocenters. The SMILES string of the molecule is Cc1nc(-c2cnn(C)c2COC(=O)Oc2ccc([N+](=O)[O-])cc2)ncc1OC1CCC[C@H](C(=O)O)C1. The maximum absolute atomic E-state index is 12.1. The third-order valence-electron chi connectivity index (χ3n) is 6.08. The molecular formula is C24H25N5O8. The summed E-state index contributed by atoms with van der Waals surface area (Å²) in [6.45, 7) is 1.59. The topological polar surface area (TPSA) is 169 Å². The van der Waals surface area contributed by atoms with Gasteiger partial charge in [-0.2, -0.15) is 5.10 Å². The summed E-state index contributed by atoms with van der Waals surface area (Å²) in [5.41, 5.74) is 1.51. The number of carbonyl (C=O) groups excluding carboxylic acids is 1. The fourth-order valence-electron chi connectivity index (χ4n) is 4.07. The smallest absolute Gasteiger partial charge is 0.487 e. The van der Waals surface area contributed by atoms with Crippen molar-refractivity contribution < 1.29 is 33.8 Å². The molecule has 0 aliphatic heterocycles. The number of hydrogen-bond donors (Lipinski definition) is 1. The first-order chi connectivity index (χ1) is 17.7. The number of hydrogen-bond acceptors (Lipinski definition) is 10. The van der Waals surface area contributed by atoms with E-state index >= 15 is 0 Å². The summed E-state index contributed by atoms with van der Waals surface area (Å²) in [7, 11) is 1.68. The molecule has 3 aromatic rings. The number of aryl methyl sites for hydroxylation is 2. The molecule has 0 spiro atoms. The van der Waals surface area contributed by atoms with Gasteiger partial charge in [0.1, 0.15) is 12.4 Å². The van der Waals surface area contributed by atoms with E-state index in [0.717, 1.165) is 12.8 Å². The summed E-state index contributed by atoms with van der Waals surface area (Å²) in [5.74, 6) is -0.285. The predicted octanol–water partition coefficient (Wildman–Crippen LogP) is 3.83. The first kappa shape index (κ1) is 25.5. The van der Waals surface area contributed by atoms with E-state index in [1.807, 2.05) is 0 Å². The molecule has 0 amide bonds. The molecule has 1 saturated carbocycles. The molecule has 1 aliphatic carbocycles. The number of carboxylic acid groups (broad SMARTS) is 1. The van der Waals surface area contributed by atoms with Gasteiger partial charge in [-0.05, 0) is 44.7 Å². The van der Waals surface area contributed by atoms with Crippen molar-refractivity contribution in [3.8, 4) is 22.9 Å². The van der Waals surface area contributed by atoms with E-state index in [1.165, 1.54) is 28.9 Å². The summed E-state index contributed by atoms with van der Waals surface area (Å²) in [6.07, 6.45) is 4.53. The largest absolute Gasteiger partial charge is 0.514 e. The molecule has 37 heavy (non-hydrogen) atoms. The Morgan fingerprint density at radius 2 is 1.97 bits per heavy atom. The van der Waals surface area contributed by atoms with E-state index in [0.29, 0.717) is 41.4 Å². The summed E-state index contributed by atoms with van der Waals surface area (Å²) in [6, 6.07) is 5.02. The van der Waals surface area contributed by atoms with E-state index < -0.39 is 23.0 Å². The molecule has 0 radical (unpaired) electrons. The molecule has 13 heteroatoms. The second-order valence-electron chi connectivity index (χ2n) is 8.61. The normalized spacial score (nSPS) is 17.1. The minimum absolute atomic E-state index is 0.100. The van der Waals surface area contributed by atoms with Crippen LogP contribution in [0.4, 0.5) is 10.5 Å². The number of aromatic nitrogens is 4. The molecule has 13 nitrogen and oxygen atoms in total. The molecule has 1 fully saturated rings. The minimum atomic E-state index is -0.992. The summed E-state index contributed by atoms with van der Waals surface area (Å²) >= 11 is 0. The zero-order valence-electron chi connectivity index (χ0n) is 20.2. The Morgan fingerprint density at radius 3 is 2.65 bits per heavy atom. The second kappa shape index (κ2) is 11.0. The van der Waals surface area contributed by atoms with Gasteiger partial charge in [0.05, 0.1) is 46.3 Å². The zero-order chi connectivity index (χ0) is 26.5. The van der Waals surface area contributed by atoms with Crippen LogP contribution in [-0.2, 0) is 23.2 Å². The second-order valence-corrected chi connectivity index (χ2v) is 8.61. The van der Waals surface area contributed by atoms with Crippen LogP contribution in [-0.4, -0.2) is 48.0 Å². The quantitative estimate of drug-likeness (QED) is 0.202. The van der Waals surface area contributed by atoms with E-state index in [9.17, 15) is 24.8 Å². The van der Waals surface area contributed by atoms with Crippen molar-refractivity contribution in [3.63, 3.8) is 0 Å². The van der Waals surface area contributed by atoms with Gasteiger partial charge < -0.3 is 19.3 Å². The summed E-state index contributed by atoms with van der Waals surface area (Å²) < 4.78 is 17.8. The van der Waals surface area contributed by atoms with Crippen LogP contribution in [0, 0.1) is 23.0 Å². The Hall–Kier alpha value is -4.55. The Morgan fingerprint density at radius 1 is 1.22 bits per heavy atom. The van der Waals surface area contributed by atoms with Gasteiger partial charge >= 0.3 is 12.1 Å². The van der Waals surface area contributed by atoms with Crippen LogP contribution in [0.1, 0.15) is 37.1 Å². The minimum Gasteiger partial charge on any atom is -0.487 e. The Labute approximate surface area is 211 Å². The van der Waals surface area contributed by atoms with Gasteiger partial charge in [-0.25, -0.2) is 14.8 Å². The van der Waals surface area contributed by atoms with E-state index in [2.05, 4.69) is 15.1 Å². The number of carboxylic acids is 1. The highest BCUT2D eigenvalue weighted by Crippen LogP contribution is 2.30. The number of carbonyl (C=O) groups is 2. The molecular weight excluding hydrogens is 486 g/mol. The molecule has 0 bridgehead atoms. The lowest BCUT2D eigenvalue weighted by Crippen LogP contribution is -2.29. The number of aliphatic carboxylic acids is 1. The van der Waals surface area contributed by atoms with Crippen LogP contribution in [0.25, 0.3) is 11.4 Å². The molecule has 0 saturated heterocycles. The lowest BCUT2D eigenvalue weighted by Gasteiger charge is -2.27. The standard InChI is InChI=1S/C24H25N5O8/c1-14-21(36-18-5-3-4-15(10-18)23(30)31)12-25-22(27-14)19-11-26-28(2)20(19)13-35-24(32)37-17-8-6-16(7-9-17)29(33)34/h6-9,11-12,15,18H,3-5,10,13H2,1-2H3,(H,30,31)/t15-,18?/m0/s1. The van der Waals surface area contributed by atoms with Crippen molar-refractivity contribution >= 4 is 17.8 Å². The predicted molar refractivity (Wildman–Crippen MR) is 127 cm³/mol. The fraction of sp³-hybridized carbons (Fsp3) is 0.375. The van der Waals surface area contributed by atoms with Gasteiger partial charge in [0.15, 0.2) is 11.6 Å². The highest BCUT2D eigenvalue weighted by molar-refractivity contribution is 5.70. The first-order valence-electron chi connectivity index (χ1n) is 11.5. The third-order valence-corrected chi connectivity index (χ3v) is 6.08. The summed E-state index contributed by atoms with van der Waals surface area (Å²) in [4.78, 5) is 42.6. The van der Waals surface area contributed by atoms with Crippen LogP contribution in [0.2, 0.25) is 0 Å². The van der Waals surface area contributed by atoms with Crippen molar-refractivity contribution in [1.82, 2.24) is 19.7 Å². The van der Waals surface area contributed by atoms with Gasteiger partial charge in [-0.15, -0.1) is 0 Å². The molecule has 2 atom stereocenters. The van der Waals surface area contributed by atoms with Crippen LogP contribution in [0.3, 0.4) is 0 Å². The molecule has 2 aromatic heterocycles. The van der Waals surface area contributed by atoms with Crippen molar-refractivity contribution in [2.24, 2.45) is 13.0 Å². The highest BCUT2D eigenvalue weighted by atomic mass is 16.7. The van der Waals surface area contributed by atoms with Crippen LogP contribution < -0.4 is 9.47 Å². The molecule has 2 heterocycles. The molecule has 1 aromatic carbocycles. The van der Waals surface area contributed by atoms with E-state index in [4.69, 9.17) is 14.2 Å². The Bertz CT molecular complexity index is 1310. The molecule has 1 N–H and O–H groups in total. The van der Waals surface area contributed by atoms with Gasteiger partial charge in [-0.3, -0.25) is 19.6 Å².